The zero-order valence-electron chi connectivity index (χ0n) is 14.2. The lowest BCUT2D eigenvalue weighted by Gasteiger charge is -2.23. The third kappa shape index (κ3) is 4.93. The second-order valence-corrected chi connectivity index (χ2v) is 7.37. The minimum atomic E-state index is 0.0484. The van der Waals surface area contributed by atoms with Gasteiger partial charge in [-0.3, -0.25) is 0 Å². The maximum Gasteiger partial charge on any atom is 0.317 e. The number of amides is 2. The number of carbonyl (C=O) groups excluding carboxylic acids is 1. The van der Waals surface area contributed by atoms with Gasteiger partial charge in [0.2, 0.25) is 0 Å². The number of methoxy groups -OCH3 is 1. The SMILES string of the molecule is COc1ccc(CNC(=O)N2CCC(CC(C)(C)C)C2)cc1. The Morgan fingerprint density at radius 3 is 2.59 bits per heavy atom. The van der Waals surface area contributed by atoms with Crippen molar-refractivity contribution in [2.24, 2.45) is 11.3 Å². The predicted molar refractivity (Wildman–Crippen MR) is 89.0 cm³/mol. The van der Waals surface area contributed by atoms with Gasteiger partial charge in [-0.2, -0.15) is 0 Å². The van der Waals surface area contributed by atoms with E-state index in [9.17, 15) is 4.79 Å². The van der Waals surface area contributed by atoms with Crippen LogP contribution in [0.1, 0.15) is 39.2 Å². The Morgan fingerprint density at radius 1 is 1.32 bits per heavy atom. The van der Waals surface area contributed by atoms with Gasteiger partial charge in [-0.1, -0.05) is 32.9 Å². The highest BCUT2D eigenvalue weighted by atomic mass is 16.5. The molecule has 22 heavy (non-hydrogen) atoms. The number of ether oxygens (including phenoxy) is 1. The van der Waals surface area contributed by atoms with Crippen molar-refractivity contribution in [1.29, 1.82) is 0 Å². The van der Waals surface area contributed by atoms with Gasteiger partial charge in [0.25, 0.3) is 0 Å². The van der Waals surface area contributed by atoms with E-state index in [1.165, 1.54) is 6.42 Å². The Kier molecular flexibility index (Phi) is 5.33. The summed E-state index contributed by atoms with van der Waals surface area (Å²) in [6.07, 6.45) is 2.29. The van der Waals surface area contributed by atoms with Gasteiger partial charge in [-0.05, 0) is 41.9 Å². The lowest BCUT2D eigenvalue weighted by Crippen LogP contribution is -2.38. The van der Waals surface area contributed by atoms with Gasteiger partial charge in [0.15, 0.2) is 0 Å². The molecule has 0 saturated carbocycles. The molecule has 1 atom stereocenters. The van der Waals surface area contributed by atoms with E-state index < -0.39 is 0 Å². The van der Waals surface area contributed by atoms with E-state index in [1.807, 2.05) is 29.2 Å². The number of benzene rings is 1. The number of urea groups is 1. The second kappa shape index (κ2) is 7.03. The van der Waals surface area contributed by atoms with Crippen LogP contribution < -0.4 is 10.1 Å². The fourth-order valence-corrected chi connectivity index (χ4v) is 3.08. The highest BCUT2D eigenvalue weighted by Crippen LogP contribution is 2.30. The maximum absolute atomic E-state index is 12.2. The first-order valence-corrected chi connectivity index (χ1v) is 8.03. The molecule has 0 radical (unpaired) electrons. The van der Waals surface area contributed by atoms with Crippen LogP contribution in [0.5, 0.6) is 5.75 Å². The number of nitrogens with zero attached hydrogens (tertiary/aromatic N) is 1. The van der Waals surface area contributed by atoms with Crippen molar-refractivity contribution in [2.45, 2.75) is 40.2 Å². The number of hydrogen-bond acceptors (Lipinski definition) is 2. The molecule has 0 bridgehead atoms. The molecule has 0 spiro atoms. The summed E-state index contributed by atoms with van der Waals surface area (Å²) < 4.78 is 5.13. The number of carbonyl (C=O) groups is 1. The molecule has 1 aromatic rings. The fourth-order valence-electron chi connectivity index (χ4n) is 3.08. The van der Waals surface area contributed by atoms with Gasteiger partial charge >= 0.3 is 6.03 Å². The fraction of sp³-hybridized carbons (Fsp3) is 0.611. The zero-order valence-corrected chi connectivity index (χ0v) is 14.2. The van der Waals surface area contributed by atoms with E-state index in [1.54, 1.807) is 7.11 Å². The third-order valence-corrected chi connectivity index (χ3v) is 4.08. The molecule has 2 amide bonds. The van der Waals surface area contributed by atoms with Crippen LogP contribution in [0, 0.1) is 11.3 Å². The van der Waals surface area contributed by atoms with Crippen molar-refractivity contribution in [3.63, 3.8) is 0 Å². The maximum atomic E-state index is 12.2. The number of hydrogen-bond donors (Lipinski definition) is 1. The quantitative estimate of drug-likeness (QED) is 0.922. The molecular formula is C18H28N2O2. The molecule has 0 aromatic heterocycles. The molecule has 1 N–H and O–H groups in total. The van der Waals surface area contributed by atoms with Gasteiger partial charge in [-0.15, -0.1) is 0 Å². The average molecular weight is 304 g/mol. The molecule has 122 valence electrons. The van der Waals surface area contributed by atoms with Crippen LogP contribution in [-0.4, -0.2) is 31.1 Å². The van der Waals surface area contributed by atoms with Gasteiger partial charge in [0.05, 0.1) is 7.11 Å². The van der Waals surface area contributed by atoms with Gasteiger partial charge in [0.1, 0.15) is 5.75 Å². The molecule has 1 aliphatic rings. The molecule has 4 nitrogen and oxygen atoms in total. The van der Waals surface area contributed by atoms with E-state index in [2.05, 4.69) is 26.1 Å². The Balaban J connectivity index is 1.78. The molecular weight excluding hydrogens is 276 g/mol. The molecule has 1 aromatic carbocycles. The van der Waals surface area contributed by atoms with E-state index in [0.29, 0.717) is 17.9 Å². The normalized spacial score (nSPS) is 18.4. The van der Waals surface area contributed by atoms with Crippen LogP contribution in [0.3, 0.4) is 0 Å². The molecule has 1 aliphatic heterocycles. The lowest BCUT2D eigenvalue weighted by molar-refractivity contribution is 0.203. The summed E-state index contributed by atoms with van der Waals surface area (Å²) in [7, 11) is 1.65. The first-order chi connectivity index (χ1) is 10.4. The van der Waals surface area contributed by atoms with Gasteiger partial charge in [-0.25, -0.2) is 4.79 Å². The van der Waals surface area contributed by atoms with Crippen molar-refractivity contribution in [2.75, 3.05) is 20.2 Å². The second-order valence-electron chi connectivity index (χ2n) is 7.37. The van der Waals surface area contributed by atoms with Crippen LogP contribution in [0.25, 0.3) is 0 Å². The van der Waals surface area contributed by atoms with E-state index >= 15 is 0 Å². The van der Waals surface area contributed by atoms with Gasteiger partial charge < -0.3 is 15.0 Å². The predicted octanol–water partition coefficient (Wildman–Crippen LogP) is 3.66. The number of nitrogens with one attached hydrogen (secondary N) is 1. The first-order valence-electron chi connectivity index (χ1n) is 8.03. The summed E-state index contributed by atoms with van der Waals surface area (Å²) in [4.78, 5) is 14.2. The van der Waals surface area contributed by atoms with Crippen LogP contribution >= 0.6 is 0 Å². The Bertz CT molecular complexity index is 491. The monoisotopic (exact) mass is 304 g/mol. The molecule has 2 rings (SSSR count). The summed E-state index contributed by atoms with van der Waals surface area (Å²) >= 11 is 0. The number of likely N-dealkylation sites (tertiary alicyclic amines) is 1. The summed E-state index contributed by atoms with van der Waals surface area (Å²) in [5, 5.41) is 3.01. The van der Waals surface area contributed by atoms with Crippen LogP contribution in [0.4, 0.5) is 4.79 Å². The Hall–Kier alpha value is -1.71. The third-order valence-electron chi connectivity index (χ3n) is 4.08. The van der Waals surface area contributed by atoms with Crippen LogP contribution in [-0.2, 0) is 6.54 Å². The summed E-state index contributed by atoms with van der Waals surface area (Å²) in [6.45, 7) is 9.10. The van der Waals surface area contributed by atoms with Crippen molar-refractivity contribution < 1.29 is 9.53 Å². The standard InChI is InChI=1S/C18H28N2O2/c1-18(2,3)11-15-9-10-20(13-15)17(21)19-12-14-5-7-16(22-4)8-6-14/h5-8,15H,9-13H2,1-4H3,(H,19,21). The smallest absolute Gasteiger partial charge is 0.317 e. The minimum Gasteiger partial charge on any atom is -0.497 e. The van der Waals surface area contributed by atoms with Crippen molar-refractivity contribution in [3.8, 4) is 5.75 Å². The van der Waals surface area contributed by atoms with E-state index in [-0.39, 0.29) is 6.03 Å². The molecule has 1 unspecified atom stereocenters. The molecule has 1 heterocycles. The van der Waals surface area contributed by atoms with E-state index in [0.717, 1.165) is 30.8 Å². The highest BCUT2D eigenvalue weighted by molar-refractivity contribution is 5.74. The van der Waals surface area contributed by atoms with Crippen molar-refractivity contribution >= 4 is 6.03 Å². The van der Waals surface area contributed by atoms with Crippen LogP contribution in [0.2, 0.25) is 0 Å². The van der Waals surface area contributed by atoms with Crippen LogP contribution in [0.15, 0.2) is 24.3 Å². The highest BCUT2D eigenvalue weighted by Gasteiger charge is 2.29. The molecule has 4 heteroatoms. The average Bonchev–Trinajstić information content (AvgIpc) is 2.91. The van der Waals surface area contributed by atoms with E-state index in [4.69, 9.17) is 4.74 Å². The summed E-state index contributed by atoms with van der Waals surface area (Å²) in [6, 6.07) is 7.83. The molecule has 1 saturated heterocycles. The minimum absolute atomic E-state index is 0.0484. The number of rotatable bonds is 4. The lowest BCUT2D eigenvalue weighted by atomic mass is 9.84. The first kappa shape index (κ1) is 16.7. The zero-order chi connectivity index (χ0) is 16.2. The summed E-state index contributed by atoms with van der Waals surface area (Å²) in [5.74, 6) is 1.46. The summed E-state index contributed by atoms with van der Waals surface area (Å²) in [5.41, 5.74) is 1.42. The van der Waals surface area contributed by atoms with Crippen molar-refractivity contribution in [1.82, 2.24) is 10.2 Å². The topological polar surface area (TPSA) is 41.6 Å². The van der Waals surface area contributed by atoms with Crippen molar-refractivity contribution in [3.05, 3.63) is 29.8 Å². The molecule has 1 fully saturated rings. The van der Waals surface area contributed by atoms with Gasteiger partial charge in [0, 0.05) is 19.6 Å². The largest absolute Gasteiger partial charge is 0.497 e. The molecule has 0 aliphatic carbocycles. The Labute approximate surface area is 133 Å². The Morgan fingerprint density at radius 2 is 2.00 bits per heavy atom.